The number of rotatable bonds is 3. The van der Waals surface area contributed by atoms with Crippen molar-refractivity contribution in [1.82, 2.24) is 10.2 Å². The van der Waals surface area contributed by atoms with Crippen LogP contribution in [-0.2, 0) is 4.79 Å². The molecule has 1 aliphatic heterocycles. The predicted molar refractivity (Wildman–Crippen MR) is 75.4 cm³/mol. The average molecular weight is 263 g/mol. The Morgan fingerprint density at radius 2 is 1.79 bits per heavy atom. The summed E-state index contributed by atoms with van der Waals surface area (Å²) in [6, 6.07) is 7.07. The standard InChI is InChI=1S/C14H21N3O2/c1-11(15-2)14(19)17-9-7-16(8-10-17)12-3-5-13(18)6-4-12/h3-6,11,15,18H,7-10H2,1-2H3. The second kappa shape index (κ2) is 5.93. The summed E-state index contributed by atoms with van der Waals surface area (Å²) < 4.78 is 0. The molecule has 0 aliphatic carbocycles. The van der Waals surface area contributed by atoms with Gasteiger partial charge in [-0.3, -0.25) is 4.79 Å². The van der Waals surface area contributed by atoms with E-state index in [-0.39, 0.29) is 17.7 Å². The van der Waals surface area contributed by atoms with Gasteiger partial charge in [-0.25, -0.2) is 0 Å². The average Bonchev–Trinajstić information content (AvgIpc) is 2.46. The van der Waals surface area contributed by atoms with Crippen LogP contribution in [0.3, 0.4) is 0 Å². The minimum absolute atomic E-state index is 0.125. The largest absolute Gasteiger partial charge is 0.508 e. The molecule has 104 valence electrons. The fourth-order valence-electron chi connectivity index (χ4n) is 2.25. The van der Waals surface area contributed by atoms with E-state index in [1.54, 1.807) is 19.2 Å². The van der Waals surface area contributed by atoms with Gasteiger partial charge in [-0.05, 0) is 38.2 Å². The molecule has 1 aromatic carbocycles. The molecular weight excluding hydrogens is 242 g/mol. The Balaban J connectivity index is 1.92. The van der Waals surface area contributed by atoms with Crippen LogP contribution in [0.1, 0.15) is 6.92 Å². The van der Waals surface area contributed by atoms with Crippen molar-refractivity contribution in [2.24, 2.45) is 0 Å². The fourth-order valence-corrected chi connectivity index (χ4v) is 2.25. The van der Waals surface area contributed by atoms with E-state index in [4.69, 9.17) is 0 Å². The number of aromatic hydroxyl groups is 1. The number of likely N-dealkylation sites (N-methyl/N-ethyl adjacent to an activating group) is 1. The summed E-state index contributed by atoms with van der Waals surface area (Å²) in [7, 11) is 1.80. The van der Waals surface area contributed by atoms with Gasteiger partial charge in [0.15, 0.2) is 0 Å². The van der Waals surface area contributed by atoms with Crippen molar-refractivity contribution in [3.63, 3.8) is 0 Å². The highest BCUT2D eigenvalue weighted by molar-refractivity contribution is 5.81. The van der Waals surface area contributed by atoms with E-state index < -0.39 is 0 Å². The maximum Gasteiger partial charge on any atom is 0.239 e. The molecule has 2 rings (SSSR count). The summed E-state index contributed by atoms with van der Waals surface area (Å²) in [6.07, 6.45) is 0. The van der Waals surface area contributed by atoms with Crippen LogP contribution in [0.25, 0.3) is 0 Å². The van der Waals surface area contributed by atoms with Crippen molar-refractivity contribution in [2.75, 3.05) is 38.1 Å². The first-order valence-electron chi connectivity index (χ1n) is 6.62. The number of carbonyl (C=O) groups is 1. The summed E-state index contributed by atoms with van der Waals surface area (Å²) in [4.78, 5) is 16.2. The second-order valence-electron chi connectivity index (χ2n) is 4.84. The molecule has 1 heterocycles. The zero-order chi connectivity index (χ0) is 13.8. The predicted octanol–water partition coefficient (Wildman–Crippen LogP) is 0.649. The molecule has 0 aromatic heterocycles. The van der Waals surface area contributed by atoms with Crippen LogP contribution in [0.5, 0.6) is 5.75 Å². The van der Waals surface area contributed by atoms with E-state index in [9.17, 15) is 9.90 Å². The van der Waals surface area contributed by atoms with Crippen LogP contribution in [0.2, 0.25) is 0 Å². The van der Waals surface area contributed by atoms with Gasteiger partial charge in [0.25, 0.3) is 0 Å². The topological polar surface area (TPSA) is 55.8 Å². The van der Waals surface area contributed by atoms with Crippen LogP contribution in [0.15, 0.2) is 24.3 Å². The van der Waals surface area contributed by atoms with Gasteiger partial charge in [0.2, 0.25) is 5.91 Å². The number of anilines is 1. The number of nitrogens with one attached hydrogen (secondary N) is 1. The lowest BCUT2D eigenvalue weighted by atomic mass is 10.2. The van der Waals surface area contributed by atoms with Crippen molar-refractivity contribution in [3.8, 4) is 5.75 Å². The Hall–Kier alpha value is -1.75. The number of nitrogens with zero attached hydrogens (tertiary/aromatic N) is 2. The third-order valence-corrected chi connectivity index (χ3v) is 3.61. The quantitative estimate of drug-likeness (QED) is 0.840. The normalized spacial score (nSPS) is 17.4. The van der Waals surface area contributed by atoms with Gasteiger partial charge >= 0.3 is 0 Å². The maximum atomic E-state index is 12.0. The highest BCUT2D eigenvalue weighted by atomic mass is 16.3. The monoisotopic (exact) mass is 263 g/mol. The number of benzene rings is 1. The van der Waals surface area contributed by atoms with Crippen LogP contribution >= 0.6 is 0 Å². The summed E-state index contributed by atoms with van der Waals surface area (Å²) in [6.45, 7) is 5.02. The molecule has 1 aliphatic rings. The smallest absolute Gasteiger partial charge is 0.239 e. The first-order valence-corrected chi connectivity index (χ1v) is 6.62. The van der Waals surface area contributed by atoms with E-state index in [0.717, 1.165) is 31.9 Å². The maximum absolute atomic E-state index is 12.0. The zero-order valence-corrected chi connectivity index (χ0v) is 11.5. The molecule has 1 atom stereocenters. The lowest BCUT2D eigenvalue weighted by molar-refractivity contribution is -0.133. The van der Waals surface area contributed by atoms with Gasteiger partial charge in [0.1, 0.15) is 5.75 Å². The van der Waals surface area contributed by atoms with Crippen LogP contribution in [-0.4, -0.2) is 55.2 Å². The summed E-state index contributed by atoms with van der Waals surface area (Å²) in [5.41, 5.74) is 1.09. The van der Waals surface area contributed by atoms with E-state index >= 15 is 0 Å². The molecule has 2 N–H and O–H groups in total. The molecule has 5 nitrogen and oxygen atoms in total. The summed E-state index contributed by atoms with van der Waals surface area (Å²) in [5, 5.41) is 12.3. The summed E-state index contributed by atoms with van der Waals surface area (Å²) in [5.74, 6) is 0.438. The first kappa shape index (κ1) is 13.7. The molecule has 0 saturated carbocycles. The number of phenolic OH excluding ortho intramolecular Hbond substituents is 1. The number of hydrogen-bond acceptors (Lipinski definition) is 4. The number of hydrogen-bond donors (Lipinski definition) is 2. The van der Waals surface area contributed by atoms with Crippen molar-refractivity contribution in [1.29, 1.82) is 0 Å². The third kappa shape index (κ3) is 3.17. The minimum Gasteiger partial charge on any atom is -0.508 e. The minimum atomic E-state index is -0.125. The Morgan fingerprint density at radius 3 is 2.32 bits per heavy atom. The van der Waals surface area contributed by atoms with Crippen molar-refractivity contribution >= 4 is 11.6 Å². The molecule has 19 heavy (non-hydrogen) atoms. The Labute approximate surface area is 113 Å². The van der Waals surface area contributed by atoms with Gasteiger partial charge < -0.3 is 20.2 Å². The number of carbonyl (C=O) groups excluding carboxylic acids is 1. The van der Waals surface area contributed by atoms with Gasteiger partial charge in [-0.2, -0.15) is 0 Å². The fraction of sp³-hybridized carbons (Fsp3) is 0.500. The Kier molecular flexibility index (Phi) is 4.27. The lowest BCUT2D eigenvalue weighted by Crippen LogP contribution is -2.53. The lowest BCUT2D eigenvalue weighted by Gasteiger charge is -2.37. The van der Waals surface area contributed by atoms with Crippen molar-refractivity contribution in [3.05, 3.63) is 24.3 Å². The molecular formula is C14H21N3O2. The molecule has 1 saturated heterocycles. The number of phenols is 1. The van der Waals surface area contributed by atoms with E-state index in [1.165, 1.54) is 0 Å². The highest BCUT2D eigenvalue weighted by Crippen LogP contribution is 2.19. The molecule has 1 amide bonds. The first-order chi connectivity index (χ1) is 9.11. The van der Waals surface area contributed by atoms with Crippen molar-refractivity contribution in [2.45, 2.75) is 13.0 Å². The Bertz CT molecular complexity index is 425. The van der Waals surface area contributed by atoms with Crippen molar-refractivity contribution < 1.29 is 9.90 Å². The van der Waals surface area contributed by atoms with Crippen LogP contribution < -0.4 is 10.2 Å². The molecule has 0 radical (unpaired) electrons. The third-order valence-electron chi connectivity index (χ3n) is 3.61. The van der Waals surface area contributed by atoms with Gasteiger partial charge in [-0.15, -0.1) is 0 Å². The number of amides is 1. The van der Waals surface area contributed by atoms with Gasteiger partial charge in [-0.1, -0.05) is 0 Å². The molecule has 1 aromatic rings. The van der Waals surface area contributed by atoms with Gasteiger partial charge in [0, 0.05) is 31.9 Å². The molecule has 1 fully saturated rings. The Morgan fingerprint density at radius 1 is 1.21 bits per heavy atom. The van der Waals surface area contributed by atoms with Gasteiger partial charge in [0.05, 0.1) is 6.04 Å². The summed E-state index contributed by atoms with van der Waals surface area (Å²) >= 11 is 0. The van der Waals surface area contributed by atoms with E-state index in [0.29, 0.717) is 0 Å². The molecule has 5 heteroatoms. The highest BCUT2D eigenvalue weighted by Gasteiger charge is 2.24. The molecule has 1 unspecified atom stereocenters. The van der Waals surface area contributed by atoms with E-state index in [2.05, 4.69) is 10.2 Å². The molecule has 0 spiro atoms. The SMILES string of the molecule is CNC(C)C(=O)N1CCN(c2ccc(O)cc2)CC1. The van der Waals surface area contributed by atoms with Crippen LogP contribution in [0, 0.1) is 0 Å². The second-order valence-corrected chi connectivity index (χ2v) is 4.84. The zero-order valence-electron chi connectivity index (χ0n) is 11.5. The number of piperazine rings is 1. The van der Waals surface area contributed by atoms with Crippen LogP contribution in [0.4, 0.5) is 5.69 Å². The molecule has 0 bridgehead atoms. The van der Waals surface area contributed by atoms with E-state index in [1.807, 2.05) is 24.0 Å².